The van der Waals surface area contributed by atoms with Gasteiger partial charge in [0, 0.05) is 51.9 Å². The first-order valence-corrected chi connectivity index (χ1v) is 9.39. The minimum atomic E-state index is -0.282. The number of nitrogens with zero attached hydrogens (tertiary/aromatic N) is 5. The van der Waals surface area contributed by atoms with Gasteiger partial charge in [0.25, 0.3) is 0 Å². The zero-order valence-corrected chi connectivity index (χ0v) is 18.8. The molecule has 0 radical (unpaired) electrons. The van der Waals surface area contributed by atoms with E-state index in [1.807, 2.05) is 29.3 Å². The third-order valence-corrected chi connectivity index (χ3v) is 5.21. The molecule has 1 aliphatic rings. The fraction of sp³-hybridized carbons (Fsp3) is 0.471. The predicted molar refractivity (Wildman–Crippen MR) is 120 cm³/mol. The molecule has 148 valence electrons. The fourth-order valence-electron chi connectivity index (χ4n) is 2.83. The summed E-state index contributed by atoms with van der Waals surface area (Å²) in [5.41, 5.74) is 0.977. The number of halogens is 2. The average molecular weight is 505 g/mol. The molecule has 0 amide bonds. The van der Waals surface area contributed by atoms with Crippen LogP contribution in [0.15, 0.2) is 28.7 Å². The number of anilines is 2. The smallest absolute Gasteiger partial charge is 0.191 e. The largest absolute Gasteiger partial charge is 0.354 e. The molecule has 1 saturated heterocycles. The number of nitrogens with one attached hydrogen (secondary N) is 2. The van der Waals surface area contributed by atoms with E-state index in [1.165, 1.54) is 6.07 Å². The van der Waals surface area contributed by atoms with E-state index in [-0.39, 0.29) is 35.8 Å². The second kappa shape index (κ2) is 10.0. The van der Waals surface area contributed by atoms with Gasteiger partial charge in [-0.05, 0) is 18.6 Å². The van der Waals surface area contributed by atoms with Crippen molar-refractivity contribution in [2.24, 2.45) is 4.99 Å². The lowest BCUT2D eigenvalue weighted by atomic mass is 10.3. The fourth-order valence-corrected chi connectivity index (χ4v) is 3.58. The quantitative estimate of drug-likeness (QED) is 0.370. The van der Waals surface area contributed by atoms with E-state index in [0.717, 1.165) is 29.8 Å². The van der Waals surface area contributed by atoms with Crippen LogP contribution >= 0.6 is 35.3 Å². The maximum Gasteiger partial charge on any atom is 0.191 e. The van der Waals surface area contributed by atoms with Crippen molar-refractivity contribution in [2.75, 3.05) is 44.0 Å². The highest BCUT2D eigenvalue weighted by atomic mass is 127. The lowest BCUT2D eigenvalue weighted by Gasteiger charge is -2.19. The van der Waals surface area contributed by atoms with E-state index in [9.17, 15) is 4.39 Å². The summed E-state index contributed by atoms with van der Waals surface area (Å²) in [7, 11) is 5.70. The van der Waals surface area contributed by atoms with Crippen LogP contribution in [0.3, 0.4) is 0 Å². The first-order chi connectivity index (χ1) is 12.6. The van der Waals surface area contributed by atoms with Crippen molar-refractivity contribution in [3.8, 4) is 0 Å². The molecule has 10 heteroatoms. The van der Waals surface area contributed by atoms with Gasteiger partial charge in [0.1, 0.15) is 0 Å². The van der Waals surface area contributed by atoms with E-state index < -0.39 is 0 Å². The van der Waals surface area contributed by atoms with Crippen LogP contribution in [0.25, 0.3) is 0 Å². The lowest BCUT2D eigenvalue weighted by molar-refractivity contribution is 0.612. The first kappa shape index (κ1) is 21.6. The summed E-state index contributed by atoms with van der Waals surface area (Å²) < 4.78 is 13.9. The summed E-state index contributed by atoms with van der Waals surface area (Å²) in [5, 5.41) is 9.70. The van der Waals surface area contributed by atoms with Gasteiger partial charge in [-0.25, -0.2) is 14.4 Å². The molecule has 7 nitrogen and oxygen atoms in total. The lowest BCUT2D eigenvalue weighted by Crippen LogP contribution is -2.44. The Bertz CT molecular complexity index is 767. The molecule has 27 heavy (non-hydrogen) atoms. The van der Waals surface area contributed by atoms with Gasteiger partial charge < -0.3 is 20.4 Å². The van der Waals surface area contributed by atoms with Crippen molar-refractivity contribution in [2.45, 2.75) is 19.0 Å². The van der Waals surface area contributed by atoms with E-state index in [4.69, 9.17) is 0 Å². The molecule has 0 bridgehead atoms. The maximum absolute atomic E-state index is 13.9. The minimum absolute atomic E-state index is 0. The Morgan fingerprint density at radius 1 is 1.48 bits per heavy atom. The number of pyridine rings is 1. The van der Waals surface area contributed by atoms with E-state index >= 15 is 0 Å². The van der Waals surface area contributed by atoms with Crippen LogP contribution in [0.1, 0.15) is 12.1 Å². The molecule has 1 fully saturated rings. The molecule has 0 saturated carbocycles. The maximum atomic E-state index is 13.9. The van der Waals surface area contributed by atoms with Crippen molar-refractivity contribution >= 4 is 52.2 Å². The Hall–Kier alpha value is -1.69. The van der Waals surface area contributed by atoms with Crippen LogP contribution in [0.2, 0.25) is 0 Å². The highest BCUT2D eigenvalue weighted by Gasteiger charge is 2.25. The van der Waals surface area contributed by atoms with Crippen molar-refractivity contribution in [1.82, 2.24) is 20.6 Å². The summed E-state index contributed by atoms with van der Waals surface area (Å²) in [6.07, 6.45) is 2.52. The van der Waals surface area contributed by atoms with Crippen molar-refractivity contribution in [1.29, 1.82) is 0 Å². The molecule has 1 aliphatic heterocycles. The molecule has 2 aromatic rings. The van der Waals surface area contributed by atoms with Gasteiger partial charge in [0.05, 0.1) is 12.2 Å². The van der Waals surface area contributed by atoms with Crippen LogP contribution in [0.5, 0.6) is 0 Å². The number of aliphatic imine (C=N–C) groups is 1. The summed E-state index contributed by atoms with van der Waals surface area (Å²) >= 11 is 1.61. The van der Waals surface area contributed by atoms with Gasteiger partial charge >= 0.3 is 0 Å². The third-order valence-electron chi connectivity index (χ3n) is 4.15. The van der Waals surface area contributed by atoms with Gasteiger partial charge in [0.15, 0.2) is 22.7 Å². The zero-order chi connectivity index (χ0) is 18.5. The zero-order valence-electron chi connectivity index (χ0n) is 15.6. The number of hydrogen-bond acceptors (Lipinski definition) is 6. The van der Waals surface area contributed by atoms with E-state index in [2.05, 4.69) is 25.6 Å². The van der Waals surface area contributed by atoms with Gasteiger partial charge in [-0.2, -0.15) is 0 Å². The number of thiazole rings is 1. The number of hydrogen-bond donors (Lipinski definition) is 2. The molecule has 3 heterocycles. The Balaban J connectivity index is 0.00000261. The highest BCUT2D eigenvalue weighted by molar-refractivity contribution is 14.0. The molecular formula is C17H25FIN7S. The van der Waals surface area contributed by atoms with Crippen LogP contribution < -0.4 is 20.4 Å². The number of rotatable bonds is 5. The number of aromatic nitrogens is 2. The molecule has 2 N–H and O–H groups in total. The number of guanidine groups is 1. The predicted octanol–water partition coefficient (Wildman–Crippen LogP) is 2.31. The van der Waals surface area contributed by atoms with E-state index in [0.29, 0.717) is 18.9 Å². The molecule has 3 rings (SSSR count). The summed E-state index contributed by atoms with van der Waals surface area (Å²) in [6.45, 7) is 2.06. The monoisotopic (exact) mass is 505 g/mol. The normalized spacial score (nSPS) is 16.8. The minimum Gasteiger partial charge on any atom is -0.354 e. The second-order valence-corrected chi connectivity index (χ2v) is 7.16. The summed E-state index contributed by atoms with van der Waals surface area (Å²) in [4.78, 5) is 16.9. The van der Waals surface area contributed by atoms with Crippen molar-refractivity contribution in [3.05, 3.63) is 35.2 Å². The second-order valence-electron chi connectivity index (χ2n) is 6.33. The van der Waals surface area contributed by atoms with Crippen molar-refractivity contribution < 1.29 is 4.39 Å². The van der Waals surface area contributed by atoms with Crippen molar-refractivity contribution in [3.63, 3.8) is 0 Å². The first-order valence-electron chi connectivity index (χ1n) is 8.51. The topological polar surface area (TPSA) is 68.7 Å². The molecule has 0 spiro atoms. The van der Waals surface area contributed by atoms with Gasteiger partial charge in [0.2, 0.25) is 0 Å². The molecule has 2 aromatic heterocycles. The molecule has 0 aliphatic carbocycles. The highest BCUT2D eigenvalue weighted by Crippen LogP contribution is 2.21. The van der Waals surface area contributed by atoms with Crippen LogP contribution in [-0.4, -0.2) is 56.2 Å². The molecule has 0 aromatic carbocycles. The van der Waals surface area contributed by atoms with Gasteiger partial charge in [-0.3, -0.25) is 4.99 Å². The molecule has 1 unspecified atom stereocenters. The Morgan fingerprint density at radius 2 is 2.30 bits per heavy atom. The van der Waals surface area contributed by atoms with E-state index in [1.54, 1.807) is 30.6 Å². The third kappa shape index (κ3) is 5.64. The van der Waals surface area contributed by atoms with Crippen LogP contribution in [0, 0.1) is 5.82 Å². The summed E-state index contributed by atoms with van der Waals surface area (Å²) in [6, 6.07) is 3.24. The van der Waals surface area contributed by atoms with Gasteiger partial charge in [-0.15, -0.1) is 35.3 Å². The molecule has 1 atom stereocenters. The Labute approximate surface area is 180 Å². The Morgan fingerprint density at radius 3 is 2.96 bits per heavy atom. The summed E-state index contributed by atoms with van der Waals surface area (Å²) in [5.74, 6) is 0.854. The standard InChI is InChI=1S/C17H24FN7S.HI/c1-19-16(21-9-13-11-26-17(23-13)24(2)3)22-12-6-8-25(10-12)15-14(18)5-4-7-20-15;/h4-5,7,11-12H,6,8-10H2,1-3H3,(H2,19,21,22);1H. The van der Waals surface area contributed by atoms with Crippen LogP contribution in [-0.2, 0) is 6.54 Å². The average Bonchev–Trinajstić information content (AvgIpc) is 3.28. The van der Waals surface area contributed by atoms with Crippen LogP contribution in [0.4, 0.5) is 15.3 Å². The Kier molecular flexibility index (Phi) is 8.02. The SMILES string of the molecule is CN=C(NCc1csc(N(C)C)n1)NC1CCN(c2ncccc2F)C1.I. The van der Waals surface area contributed by atoms with Gasteiger partial charge in [-0.1, -0.05) is 0 Å². The molecular weight excluding hydrogens is 480 g/mol.